The van der Waals surface area contributed by atoms with Crippen LogP contribution in [-0.2, 0) is 25.6 Å². The van der Waals surface area contributed by atoms with Crippen molar-refractivity contribution < 1.29 is 29.4 Å². The van der Waals surface area contributed by atoms with Crippen LogP contribution in [0.15, 0.2) is 30.3 Å². The molecular weight excluding hydrogens is 414 g/mol. The number of carboxylic acid groups (broad SMARTS) is 1. The molecule has 0 aliphatic carbocycles. The Morgan fingerprint density at radius 1 is 0.812 bits per heavy atom. The minimum atomic E-state index is -1.26. The summed E-state index contributed by atoms with van der Waals surface area (Å²) in [5.41, 5.74) is 0.794. The van der Waals surface area contributed by atoms with Crippen LogP contribution in [0.25, 0.3) is 0 Å². The van der Waals surface area contributed by atoms with Gasteiger partial charge in [-0.3, -0.25) is 19.2 Å². The van der Waals surface area contributed by atoms with Gasteiger partial charge in [-0.15, -0.1) is 0 Å². The number of amides is 3. The Morgan fingerprint density at radius 3 is 1.91 bits per heavy atom. The topological polar surface area (TPSA) is 145 Å². The van der Waals surface area contributed by atoms with Crippen molar-refractivity contribution in [2.45, 2.75) is 65.1 Å². The Bertz CT molecular complexity index is 766. The molecule has 3 amide bonds. The Morgan fingerprint density at radius 2 is 1.38 bits per heavy atom. The second kappa shape index (κ2) is 13.5. The summed E-state index contributed by atoms with van der Waals surface area (Å²) in [5, 5.41) is 26.4. The van der Waals surface area contributed by atoms with Gasteiger partial charge in [-0.2, -0.15) is 0 Å². The Kier molecular flexibility index (Phi) is 11.4. The van der Waals surface area contributed by atoms with E-state index in [1.165, 1.54) is 0 Å². The normalized spacial score (nSPS) is 13.8. The van der Waals surface area contributed by atoms with Crippen LogP contribution in [0, 0.1) is 11.8 Å². The molecule has 5 N–H and O–H groups in total. The van der Waals surface area contributed by atoms with Gasteiger partial charge in [-0.1, -0.05) is 58.0 Å². The molecule has 1 aromatic carbocycles. The molecule has 1 rings (SSSR count). The van der Waals surface area contributed by atoms with Crippen molar-refractivity contribution >= 4 is 23.7 Å². The highest BCUT2D eigenvalue weighted by Crippen LogP contribution is 2.09. The van der Waals surface area contributed by atoms with Crippen molar-refractivity contribution in [3.05, 3.63) is 35.9 Å². The maximum absolute atomic E-state index is 13.1. The number of rotatable bonds is 13. The van der Waals surface area contributed by atoms with Gasteiger partial charge < -0.3 is 26.2 Å². The molecule has 0 bridgehead atoms. The molecule has 0 aromatic heterocycles. The minimum Gasteiger partial charge on any atom is -0.480 e. The zero-order chi connectivity index (χ0) is 24.3. The molecule has 0 unspecified atom stereocenters. The summed E-state index contributed by atoms with van der Waals surface area (Å²) in [4.78, 5) is 48.7. The van der Waals surface area contributed by atoms with Crippen molar-refractivity contribution in [2.75, 3.05) is 6.54 Å². The molecule has 0 fully saturated rings. The molecule has 0 saturated carbocycles. The summed E-state index contributed by atoms with van der Waals surface area (Å²) >= 11 is 0. The first kappa shape index (κ1) is 27.1. The molecule has 0 heterocycles. The van der Waals surface area contributed by atoms with Crippen molar-refractivity contribution in [1.29, 1.82) is 0 Å². The number of aliphatic carboxylic acids is 1. The number of carbonyl (C=O) groups is 4. The molecular formula is C23H35N3O6. The second-order valence-corrected chi connectivity index (χ2v) is 8.70. The predicted octanol–water partition coefficient (Wildman–Crippen LogP) is 0.853. The smallest absolute Gasteiger partial charge is 0.322 e. The predicted molar refractivity (Wildman–Crippen MR) is 120 cm³/mol. The number of nitrogens with one attached hydrogen (secondary N) is 3. The van der Waals surface area contributed by atoms with Crippen LogP contribution in [0.2, 0.25) is 0 Å². The number of hydrogen-bond donors (Lipinski definition) is 5. The number of benzene rings is 1. The SMILES string of the molecule is CC(C)C[C@H](NC(=O)[C@H](Cc1ccccc1)NC(=O)[C@@H](O)CC(C)C)C(=O)NCC(=O)O. The maximum Gasteiger partial charge on any atom is 0.322 e. The molecule has 0 saturated heterocycles. The number of carboxylic acids is 1. The summed E-state index contributed by atoms with van der Waals surface area (Å²) in [6, 6.07) is 7.08. The first-order valence-electron chi connectivity index (χ1n) is 10.8. The lowest BCUT2D eigenvalue weighted by molar-refractivity contribution is -0.139. The third kappa shape index (κ3) is 10.4. The van der Waals surface area contributed by atoms with Crippen molar-refractivity contribution in [2.24, 2.45) is 11.8 Å². The van der Waals surface area contributed by atoms with Gasteiger partial charge in [0.25, 0.3) is 0 Å². The van der Waals surface area contributed by atoms with Crippen molar-refractivity contribution in [3.63, 3.8) is 0 Å². The molecule has 1 aromatic rings. The lowest BCUT2D eigenvalue weighted by atomic mass is 10.0. The fourth-order valence-corrected chi connectivity index (χ4v) is 3.14. The highest BCUT2D eigenvalue weighted by atomic mass is 16.4. The zero-order valence-electron chi connectivity index (χ0n) is 19.1. The van der Waals surface area contributed by atoms with Crippen LogP contribution < -0.4 is 16.0 Å². The summed E-state index contributed by atoms with van der Waals surface area (Å²) in [6.07, 6.45) is -0.553. The second-order valence-electron chi connectivity index (χ2n) is 8.70. The van der Waals surface area contributed by atoms with Crippen LogP contribution in [-0.4, -0.2) is 58.6 Å². The van der Waals surface area contributed by atoms with Gasteiger partial charge in [0.05, 0.1) is 0 Å². The Hall–Kier alpha value is -2.94. The first-order valence-corrected chi connectivity index (χ1v) is 10.8. The molecule has 9 heteroatoms. The number of aliphatic hydroxyl groups excluding tert-OH is 1. The highest BCUT2D eigenvalue weighted by Gasteiger charge is 2.29. The standard InChI is InChI=1S/C23H35N3O6/c1-14(2)10-17(21(30)24-13-20(28)29)25-22(31)18(12-16-8-6-5-7-9-16)26-23(32)19(27)11-15(3)4/h5-9,14-15,17-19,27H,10-13H2,1-4H3,(H,24,30)(H,25,31)(H,26,32)(H,28,29)/t17-,18-,19-/m0/s1. The highest BCUT2D eigenvalue weighted by molar-refractivity contribution is 5.93. The minimum absolute atomic E-state index is 0.0471. The quantitative estimate of drug-likeness (QED) is 0.302. The van der Waals surface area contributed by atoms with E-state index in [0.29, 0.717) is 6.42 Å². The fourth-order valence-electron chi connectivity index (χ4n) is 3.14. The summed E-state index contributed by atoms with van der Waals surface area (Å²) in [5.74, 6) is -2.92. The first-order chi connectivity index (χ1) is 15.0. The van der Waals surface area contributed by atoms with E-state index in [-0.39, 0.29) is 24.7 Å². The lowest BCUT2D eigenvalue weighted by Crippen LogP contribution is -2.56. The van der Waals surface area contributed by atoms with Gasteiger partial charge in [0, 0.05) is 6.42 Å². The van der Waals surface area contributed by atoms with E-state index in [0.717, 1.165) is 5.56 Å². The third-order valence-corrected chi connectivity index (χ3v) is 4.67. The number of hydrogen-bond acceptors (Lipinski definition) is 5. The van der Waals surface area contributed by atoms with Crippen LogP contribution >= 0.6 is 0 Å². The molecule has 0 aliphatic heterocycles. The maximum atomic E-state index is 13.1. The number of carbonyl (C=O) groups excluding carboxylic acids is 3. The van der Waals surface area contributed by atoms with Crippen LogP contribution in [0.3, 0.4) is 0 Å². The molecule has 178 valence electrons. The van der Waals surface area contributed by atoms with Gasteiger partial charge in [0.15, 0.2) is 0 Å². The summed E-state index contributed by atoms with van der Waals surface area (Å²) < 4.78 is 0. The number of aliphatic hydroxyl groups is 1. The van der Waals surface area contributed by atoms with Crippen molar-refractivity contribution in [1.82, 2.24) is 16.0 Å². The Balaban J connectivity index is 3.00. The fraction of sp³-hybridized carbons (Fsp3) is 0.565. The summed E-state index contributed by atoms with van der Waals surface area (Å²) in [7, 11) is 0. The lowest BCUT2D eigenvalue weighted by Gasteiger charge is -2.25. The average Bonchev–Trinajstić information content (AvgIpc) is 2.70. The monoisotopic (exact) mass is 449 g/mol. The molecule has 9 nitrogen and oxygen atoms in total. The van der Waals surface area contributed by atoms with Gasteiger partial charge in [-0.25, -0.2) is 0 Å². The van der Waals surface area contributed by atoms with E-state index in [1.807, 2.05) is 45.9 Å². The van der Waals surface area contributed by atoms with Crippen LogP contribution in [0.4, 0.5) is 0 Å². The third-order valence-electron chi connectivity index (χ3n) is 4.67. The Labute approximate surface area is 189 Å². The molecule has 0 aliphatic rings. The molecule has 0 radical (unpaired) electrons. The largest absolute Gasteiger partial charge is 0.480 e. The van der Waals surface area contributed by atoms with E-state index < -0.39 is 48.4 Å². The van der Waals surface area contributed by atoms with E-state index in [2.05, 4.69) is 16.0 Å². The molecule has 3 atom stereocenters. The van der Waals surface area contributed by atoms with Crippen LogP contribution in [0.5, 0.6) is 0 Å². The van der Waals surface area contributed by atoms with Crippen LogP contribution in [0.1, 0.15) is 46.1 Å². The average molecular weight is 450 g/mol. The van der Waals surface area contributed by atoms with E-state index in [9.17, 15) is 24.3 Å². The van der Waals surface area contributed by atoms with Gasteiger partial charge in [-0.05, 0) is 30.2 Å². The van der Waals surface area contributed by atoms with Gasteiger partial charge in [0.2, 0.25) is 17.7 Å². The van der Waals surface area contributed by atoms with E-state index >= 15 is 0 Å². The van der Waals surface area contributed by atoms with Gasteiger partial charge >= 0.3 is 5.97 Å². The summed E-state index contributed by atoms with van der Waals surface area (Å²) in [6.45, 7) is 6.92. The van der Waals surface area contributed by atoms with E-state index in [4.69, 9.17) is 5.11 Å². The van der Waals surface area contributed by atoms with Crippen molar-refractivity contribution in [3.8, 4) is 0 Å². The zero-order valence-corrected chi connectivity index (χ0v) is 19.1. The molecule has 0 spiro atoms. The van der Waals surface area contributed by atoms with E-state index in [1.54, 1.807) is 12.1 Å². The molecule has 32 heavy (non-hydrogen) atoms. The van der Waals surface area contributed by atoms with Gasteiger partial charge in [0.1, 0.15) is 24.7 Å².